The quantitative estimate of drug-likeness (QED) is 0.534. The molecule has 174 valence electrons. The number of benzene rings is 2. The predicted molar refractivity (Wildman–Crippen MR) is 115 cm³/mol. The Morgan fingerprint density at radius 2 is 1.64 bits per heavy atom. The molecule has 3 unspecified atom stereocenters. The van der Waals surface area contributed by atoms with Crippen molar-refractivity contribution in [3.63, 3.8) is 0 Å². The molecule has 0 aromatic heterocycles. The number of carboxylic acids is 1. The zero-order valence-electron chi connectivity index (χ0n) is 17.7. The van der Waals surface area contributed by atoms with Gasteiger partial charge in [-0.05, 0) is 34.6 Å². The molecule has 3 N–H and O–H groups in total. The molecule has 0 radical (unpaired) electrons. The minimum Gasteiger partial charge on any atom is -0.481 e. The normalized spacial score (nSPS) is 19.4. The van der Waals surface area contributed by atoms with Crippen molar-refractivity contribution in [2.24, 2.45) is 11.8 Å². The average Bonchev–Trinajstić information content (AvgIpc) is 3.51. The monoisotopic (exact) mass is 458 g/mol. The molecule has 2 aliphatic carbocycles. The van der Waals surface area contributed by atoms with Crippen LogP contribution in [0.5, 0.6) is 0 Å². The molecule has 4 rings (SSSR count). The van der Waals surface area contributed by atoms with Crippen molar-refractivity contribution in [3.05, 3.63) is 59.7 Å². The summed E-state index contributed by atoms with van der Waals surface area (Å²) in [4.78, 5) is 35.6. The lowest BCUT2D eigenvalue weighted by atomic mass is 9.98. The molecule has 0 spiro atoms. The Hall–Kier alpha value is -3.49. The third kappa shape index (κ3) is 5.13. The second-order valence-electron chi connectivity index (χ2n) is 8.33. The molecule has 2 amide bonds. The molecule has 2 aliphatic rings. The second kappa shape index (κ2) is 9.56. The van der Waals surface area contributed by atoms with E-state index in [9.17, 15) is 23.2 Å². The molecule has 3 atom stereocenters. The summed E-state index contributed by atoms with van der Waals surface area (Å²) >= 11 is 0. The molecule has 33 heavy (non-hydrogen) atoms. The van der Waals surface area contributed by atoms with Gasteiger partial charge in [0.05, 0.1) is 5.92 Å². The van der Waals surface area contributed by atoms with Gasteiger partial charge in [0.25, 0.3) is 0 Å². The van der Waals surface area contributed by atoms with E-state index >= 15 is 0 Å². The van der Waals surface area contributed by atoms with Crippen molar-refractivity contribution < 1.29 is 33.0 Å². The Labute approximate surface area is 189 Å². The molecule has 9 heteroatoms. The van der Waals surface area contributed by atoms with Gasteiger partial charge in [-0.3, -0.25) is 9.59 Å². The Balaban J connectivity index is 1.35. The lowest BCUT2D eigenvalue weighted by Crippen LogP contribution is -2.48. The molecule has 2 aromatic rings. The number of carbonyl (C=O) groups is 3. The van der Waals surface area contributed by atoms with Crippen molar-refractivity contribution >= 4 is 18.0 Å². The Bertz CT molecular complexity index is 1020. The minimum atomic E-state index is -2.82. The molecule has 0 heterocycles. The van der Waals surface area contributed by atoms with Crippen LogP contribution in [0.15, 0.2) is 48.5 Å². The SMILES string of the molecule is O=C(NC(CC(F)F)C(=O)NCC1CC1C(=O)O)OCC1c2ccccc2-c2ccccc21. The average molecular weight is 458 g/mol. The van der Waals surface area contributed by atoms with Gasteiger partial charge >= 0.3 is 12.1 Å². The van der Waals surface area contributed by atoms with Gasteiger partial charge in [0.15, 0.2) is 0 Å². The van der Waals surface area contributed by atoms with Gasteiger partial charge in [-0.2, -0.15) is 0 Å². The van der Waals surface area contributed by atoms with Crippen LogP contribution in [0.1, 0.15) is 29.9 Å². The maximum atomic E-state index is 13.0. The topological polar surface area (TPSA) is 105 Å². The van der Waals surface area contributed by atoms with Gasteiger partial charge in [-0.15, -0.1) is 0 Å². The third-order valence-electron chi connectivity index (χ3n) is 6.14. The molecule has 2 aromatic carbocycles. The first-order valence-corrected chi connectivity index (χ1v) is 10.7. The van der Waals surface area contributed by atoms with Crippen LogP contribution in [-0.4, -0.2) is 48.7 Å². The van der Waals surface area contributed by atoms with Crippen molar-refractivity contribution in [1.82, 2.24) is 10.6 Å². The number of carbonyl (C=O) groups excluding carboxylic acids is 2. The lowest BCUT2D eigenvalue weighted by Gasteiger charge is -2.19. The van der Waals surface area contributed by atoms with E-state index in [2.05, 4.69) is 10.6 Å². The highest BCUT2D eigenvalue weighted by Gasteiger charge is 2.43. The Kier molecular flexibility index (Phi) is 6.57. The second-order valence-corrected chi connectivity index (χ2v) is 8.33. The van der Waals surface area contributed by atoms with Crippen LogP contribution in [0.2, 0.25) is 0 Å². The summed E-state index contributed by atoms with van der Waals surface area (Å²) in [6.07, 6.45) is -4.23. The first kappa shape index (κ1) is 22.7. The summed E-state index contributed by atoms with van der Waals surface area (Å²) in [5, 5.41) is 13.6. The van der Waals surface area contributed by atoms with Crippen molar-refractivity contribution in [1.29, 1.82) is 0 Å². The van der Waals surface area contributed by atoms with E-state index in [0.717, 1.165) is 22.3 Å². The largest absolute Gasteiger partial charge is 0.481 e. The number of fused-ring (bicyclic) bond motifs is 3. The molecule has 1 saturated carbocycles. The summed E-state index contributed by atoms with van der Waals surface area (Å²) in [5.41, 5.74) is 4.12. The van der Waals surface area contributed by atoms with Gasteiger partial charge in [0, 0.05) is 18.9 Å². The van der Waals surface area contributed by atoms with Crippen molar-refractivity contribution in [3.8, 4) is 11.1 Å². The number of nitrogens with one attached hydrogen (secondary N) is 2. The van der Waals surface area contributed by atoms with E-state index in [0.29, 0.717) is 6.42 Å². The molecule has 0 aliphatic heterocycles. The van der Waals surface area contributed by atoms with Crippen LogP contribution in [0.3, 0.4) is 0 Å². The number of aliphatic carboxylic acids is 1. The fourth-order valence-electron chi connectivity index (χ4n) is 4.32. The highest BCUT2D eigenvalue weighted by atomic mass is 19.3. The molecular formula is C24H24F2N2O5. The van der Waals surface area contributed by atoms with Crippen LogP contribution >= 0.6 is 0 Å². The van der Waals surface area contributed by atoms with Crippen molar-refractivity contribution in [2.45, 2.75) is 31.2 Å². The highest BCUT2D eigenvalue weighted by molar-refractivity contribution is 5.86. The van der Waals surface area contributed by atoms with Gasteiger partial charge < -0.3 is 20.5 Å². The number of amides is 2. The van der Waals surface area contributed by atoms with E-state index < -0.39 is 42.8 Å². The van der Waals surface area contributed by atoms with Gasteiger partial charge in [0.1, 0.15) is 12.6 Å². The van der Waals surface area contributed by atoms with Crippen LogP contribution in [0.25, 0.3) is 11.1 Å². The molecule has 1 fully saturated rings. The number of hydrogen-bond donors (Lipinski definition) is 3. The summed E-state index contributed by atoms with van der Waals surface area (Å²) in [5.74, 6) is -2.70. The van der Waals surface area contributed by atoms with E-state index in [4.69, 9.17) is 9.84 Å². The van der Waals surface area contributed by atoms with Gasteiger partial charge in [-0.25, -0.2) is 13.6 Å². The number of carboxylic acid groups (broad SMARTS) is 1. The number of halogens is 2. The Morgan fingerprint density at radius 3 is 2.18 bits per heavy atom. The highest BCUT2D eigenvalue weighted by Crippen LogP contribution is 2.44. The van der Waals surface area contributed by atoms with E-state index in [1.807, 2.05) is 48.5 Å². The summed E-state index contributed by atoms with van der Waals surface area (Å²) < 4.78 is 31.3. The Morgan fingerprint density at radius 1 is 1.03 bits per heavy atom. The van der Waals surface area contributed by atoms with E-state index in [1.165, 1.54) is 0 Å². The van der Waals surface area contributed by atoms with Crippen LogP contribution in [-0.2, 0) is 14.3 Å². The van der Waals surface area contributed by atoms with Gasteiger partial charge in [0.2, 0.25) is 12.3 Å². The number of rotatable bonds is 9. The fourth-order valence-corrected chi connectivity index (χ4v) is 4.32. The van der Waals surface area contributed by atoms with Crippen LogP contribution in [0, 0.1) is 11.8 Å². The fraction of sp³-hybridized carbons (Fsp3) is 0.375. The zero-order valence-corrected chi connectivity index (χ0v) is 17.7. The molecule has 0 saturated heterocycles. The lowest BCUT2D eigenvalue weighted by molar-refractivity contribution is -0.139. The van der Waals surface area contributed by atoms with E-state index in [1.54, 1.807) is 0 Å². The standard InChI is InChI=1S/C24H24F2N2O5/c25-21(26)10-20(22(29)27-11-13-9-18(13)23(30)31)28-24(32)33-12-19-16-7-3-1-5-14(16)15-6-2-4-8-17(15)19/h1-8,13,18-21H,9-12H2,(H,27,29)(H,28,32)(H,30,31). The molecule has 7 nitrogen and oxygen atoms in total. The van der Waals surface area contributed by atoms with Crippen molar-refractivity contribution in [2.75, 3.05) is 13.2 Å². The minimum absolute atomic E-state index is 0.00869. The maximum absolute atomic E-state index is 13.0. The third-order valence-corrected chi connectivity index (χ3v) is 6.14. The number of alkyl halides is 2. The first-order valence-electron chi connectivity index (χ1n) is 10.7. The summed E-state index contributed by atoms with van der Waals surface area (Å²) in [7, 11) is 0. The molecular weight excluding hydrogens is 434 g/mol. The van der Waals surface area contributed by atoms with Crippen LogP contribution < -0.4 is 10.6 Å². The first-order chi connectivity index (χ1) is 15.8. The number of alkyl carbamates (subject to hydrolysis) is 1. The zero-order chi connectivity index (χ0) is 23.5. The summed E-state index contributed by atoms with van der Waals surface area (Å²) in [6, 6.07) is 14.1. The number of hydrogen-bond acceptors (Lipinski definition) is 4. The summed E-state index contributed by atoms with van der Waals surface area (Å²) in [6.45, 7) is 0.0488. The number of ether oxygens (including phenoxy) is 1. The smallest absolute Gasteiger partial charge is 0.407 e. The predicted octanol–water partition coefficient (Wildman–Crippen LogP) is 3.39. The molecule has 0 bridgehead atoms. The van der Waals surface area contributed by atoms with Gasteiger partial charge in [-0.1, -0.05) is 48.5 Å². The van der Waals surface area contributed by atoms with E-state index in [-0.39, 0.29) is 25.0 Å². The van der Waals surface area contributed by atoms with Crippen LogP contribution in [0.4, 0.5) is 13.6 Å². The maximum Gasteiger partial charge on any atom is 0.407 e.